The third-order valence-electron chi connectivity index (χ3n) is 3.48. The average Bonchev–Trinajstić information content (AvgIpc) is 3.04. The molecule has 0 fully saturated rings. The summed E-state index contributed by atoms with van der Waals surface area (Å²) in [5, 5.41) is 4.51. The molecule has 0 amide bonds. The number of anilines is 1. The first-order valence-corrected chi connectivity index (χ1v) is 9.27. The van der Waals surface area contributed by atoms with Gasteiger partial charge < -0.3 is 10.1 Å². The lowest BCUT2D eigenvalue weighted by Crippen LogP contribution is -2.00. The number of ether oxygens (including phenoxy) is 1. The van der Waals surface area contributed by atoms with Crippen LogP contribution < -0.4 is 10.1 Å². The van der Waals surface area contributed by atoms with Crippen LogP contribution in [0.1, 0.15) is 13.8 Å². The predicted molar refractivity (Wildman–Crippen MR) is 108 cm³/mol. The van der Waals surface area contributed by atoms with Crippen molar-refractivity contribution in [2.45, 2.75) is 13.8 Å². The Balaban J connectivity index is 2.03. The number of thiazole rings is 1. The van der Waals surface area contributed by atoms with Crippen LogP contribution >= 0.6 is 34.5 Å². The Bertz CT molecular complexity index is 963. The molecule has 0 aliphatic rings. The zero-order valence-electron chi connectivity index (χ0n) is 13.7. The molecule has 0 saturated heterocycles. The van der Waals surface area contributed by atoms with Crippen molar-refractivity contribution in [3.63, 3.8) is 0 Å². The van der Waals surface area contributed by atoms with Crippen LogP contribution in [-0.4, -0.2) is 4.98 Å². The number of fused-ring (bicyclic) bond motifs is 1. The third-order valence-corrected chi connectivity index (χ3v) is 5.00. The van der Waals surface area contributed by atoms with Gasteiger partial charge in [-0.05, 0) is 38.1 Å². The Kier molecular flexibility index (Phi) is 5.63. The van der Waals surface area contributed by atoms with Gasteiger partial charge in [-0.25, -0.2) is 4.98 Å². The van der Waals surface area contributed by atoms with E-state index in [9.17, 15) is 0 Å². The van der Waals surface area contributed by atoms with Gasteiger partial charge in [0.15, 0.2) is 5.75 Å². The van der Waals surface area contributed by atoms with E-state index < -0.39 is 0 Å². The van der Waals surface area contributed by atoms with Crippen LogP contribution in [0.4, 0.5) is 5.69 Å². The molecule has 2 aromatic carbocycles. The number of hydrogen-bond acceptors (Lipinski definition) is 4. The summed E-state index contributed by atoms with van der Waals surface area (Å²) >= 11 is 14.1. The van der Waals surface area contributed by atoms with Crippen LogP contribution in [-0.2, 0) is 0 Å². The summed E-state index contributed by atoms with van der Waals surface area (Å²) in [6.07, 6.45) is 3.73. The van der Waals surface area contributed by atoms with E-state index in [0.29, 0.717) is 21.6 Å². The van der Waals surface area contributed by atoms with Crippen LogP contribution in [0, 0.1) is 0 Å². The third kappa shape index (κ3) is 4.15. The van der Waals surface area contributed by atoms with Gasteiger partial charge in [0.25, 0.3) is 0 Å². The van der Waals surface area contributed by atoms with Gasteiger partial charge in [0, 0.05) is 11.8 Å². The molecule has 0 unspecified atom stereocenters. The van der Waals surface area contributed by atoms with Crippen molar-refractivity contribution in [2.24, 2.45) is 0 Å². The van der Waals surface area contributed by atoms with Crippen LogP contribution in [0.3, 0.4) is 0 Å². The molecule has 0 spiro atoms. The summed E-state index contributed by atoms with van der Waals surface area (Å²) in [4.78, 5) is 4.36. The van der Waals surface area contributed by atoms with Gasteiger partial charge in [-0.3, -0.25) is 0 Å². The molecule has 3 nitrogen and oxygen atoms in total. The summed E-state index contributed by atoms with van der Waals surface area (Å²) in [5.41, 5.74) is 4.31. The summed E-state index contributed by atoms with van der Waals surface area (Å²) in [6.45, 7) is 3.84. The number of aromatic nitrogens is 1. The first-order chi connectivity index (χ1) is 12.1. The summed E-state index contributed by atoms with van der Waals surface area (Å²) < 4.78 is 7.10. The first-order valence-electron chi connectivity index (χ1n) is 7.64. The van der Waals surface area contributed by atoms with Gasteiger partial charge >= 0.3 is 0 Å². The summed E-state index contributed by atoms with van der Waals surface area (Å²) in [6, 6.07) is 11.3. The molecule has 0 aliphatic carbocycles. The van der Waals surface area contributed by atoms with Crippen molar-refractivity contribution in [3.8, 4) is 11.5 Å². The number of halogens is 2. The van der Waals surface area contributed by atoms with Crippen LogP contribution in [0.5, 0.6) is 11.5 Å². The standard InChI is InChI=1S/C19H16Cl2N2OS/c1-3-6-13(20)12(2)23-15-10-19-16(22-11-25-19)9-18(15)24-17-8-5-4-7-14(17)21/h3-11,23H,1-2H3/b6-3-,13-12-. The second-order valence-corrected chi connectivity index (χ2v) is 7.00. The highest BCUT2D eigenvalue weighted by molar-refractivity contribution is 7.16. The van der Waals surface area contributed by atoms with E-state index in [1.807, 2.05) is 61.8 Å². The van der Waals surface area contributed by atoms with Crippen LogP contribution in [0.25, 0.3) is 10.2 Å². The van der Waals surface area contributed by atoms with Crippen molar-refractivity contribution in [1.29, 1.82) is 0 Å². The number of rotatable bonds is 5. The normalized spacial score (nSPS) is 12.5. The average molecular weight is 391 g/mol. The maximum absolute atomic E-state index is 6.27. The van der Waals surface area contributed by atoms with E-state index >= 15 is 0 Å². The molecule has 1 N–H and O–H groups in total. The minimum atomic E-state index is 0.547. The Hall–Kier alpha value is -2.01. The molecule has 0 saturated carbocycles. The van der Waals surface area contributed by atoms with E-state index in [1.165, 1.54) is 0 Å². The predicted octanol–water partition coefficient (Wildman–Crippen LogP) is 7.20. The molecule has 0 atom stereocenters. The first kappa shape index (κ1) is 17.8. The number of allylic oxidation sites excluding steroid dienone is 4. The minimum Gasteiger partial charge on any atom is -0.454 e. The quantitative estimate of drug-likeness (QED) is 0.467. The van der Waals surface area contributed by atoms with Gasteiger partial charge in [0.2, 0.25) is 0 Å². The second kappa shape index (κ2) is 7.91. The van der Waals surface area contributed by atoms with Crippen LogP contribution in [0.15, 0.2) is 64.8 Å². The fourth-order valence-corrected chi connectivity index (χ4v) is 3.29. The van der Waals surface area contributed by atoms with Gasteiger partial charge in [-0.2, -0.15) is 0 Å². The lowest BCUT2D eigenvalue weighted by Gasteiger charge is -2.15. The monoisotopic (exact) mass is 390 g/mol. The van der Waals surface area contributed by atoms with E-state index in [2.05, 4.69) is 10.3 Å². The van der Waals surface area contributed by atoms with Crippen LogP contribution in [0.2, 0.25) is 5.02 Å². The van der Waals surface area contributed by atoms with E-state index in [1.54, 1.807) is 17.4 Å². The molecular weight excluding hydrogens is 375 g/mol. The zero-order chi connectivity index (χ0) is 17.8. The largest absolute Gasteiger partial charge is 0.454 e. The van der Waals surface area contributed by atoms with E-state index in [4.69, 9.17) is 27.9 Å². The molecule has 0 radical (unpaired) electrons. The highest BCUT2D eigenvalue weighted by Crippen LogP contribution is 2.38. The number of hydrogen-bond donors (Lipinski definition) is 1. The van der Waals surface area contributed by atoms with Crippen molar-refractivity contribution in [3.05, 3.63) is 69.8 Å². The number of nitrogens with one attached hydrogen (secondary N) is 1. The number of benzene rings is 2. The fourth-order valence-electron chi connectivity index (χ4n) is 2.25. The Morgan fingerprint density at radius 3 is 2.80 bits per heavy atom. The molecule has 1 heterocycles. The van der Waals surface area contributed by atoms with Gasteiger partial charge in [-0.15, -0.1) is 11.3 Å². The fraction of sp³-hybridized carbons (Fsp3) is 0.105. The number of para-hydroxylation sites is 1. The zero-order valence-corrected chi connectivity index (χ0v) is 16.0. The van der Waals surface area contributed by atoms with E-state index in [0.717, 1.165) is 21.6 Å². The lowest BCUT2D eigenvalue weighted by molar-refractivity contribution is 0.485. The smallest absolute Gasteiger partial charge is 0.153 e. The van der Waals surface area contributed by atoms with Gasteiger partial charge in [0.05, 0.1) is 31.5 Å². The van der Waals surface area contributed by atoms with Crippen molar-refractivity contribution in [1.82, 2.24) is 4.98 Å². The van der Waals surface area contributed by atoms with Crippen molar-refractivity contribution in [2.75, 3.05) is 5.32 Å². The van der Waals surface area contributed by atoms with Crippen molar-refractivity contribution < 1.29 is 4.74 Å². The summed E-state index contributed by atoms with van der Waals surface area (Å²) in [7, 11) is 0. The van der Waals surface area contributed by atoms with Gasteiger partial charge in [-0.1, -0.05) is 41.4 Å². The second-order valence-electron chi connectivity index (χ2n) is 5.30. The highest BCUT2D eigenvalue weighted by Gasteiger charge is 2.12. The maximum Gasteiger partial charge on any atom is 0.153 e. The molecule has 1 aromatic heterocycles. The maximum atomic E-state index is 6.27. The Labute approximate surface area is 160 Å². The lowest BCUT2D eigenvalue weighted by atomic mass is 10.2. The van der Waals surface area contributed by atoms with Gasteiger partial charge in [0.1, 0.15) is 5.75 Å². The molecule has 128 valence electrons. The Morgan fingerprint density at radius 2 is 2.04 bits per heavy atom. The minimum absolute atomic E-state index is 0.547. The highest BCUT2D eigenvalue weighted by atomic mass is 35.5. The molecule has 6 heteroatoms. The molecular formula is C19H16Cl2N2OS. The molecule has 3 rings (SSSR count). The molecule has 0 bridgehead atoms. The SMILES string of the molecule is C/C=C\C(Cl)=C(/C)Nc1cc2scnc2cc1Oc1ccccc1Cl. The molecule has 0 aliphatic heterocycles. The van der Waals surface area contributed by atoms with E-state index in [-0.39, 0.29) is 0 Å². The summed E-state index contributed by atoms with van der Waals surface area (Å²) in [5.74, 6) is 1.22. The molecule has 3 aromatic rings. The topological polar surface area (TPSA) is 34.2 Å². The Morgan fingerprint density at radius 1 is 1.24 bits per heavy atom. The van der Waals surface area contributed by atoms with Crippen molar-refractivity contribution >= 4 is 50.4 Å². The molecule has 25 heavy (non-hydrogen) atoms. The number of nitrogens with zero attached hydrogens (tertiary/aromatic N) is 1.